The molecular formula is C47H55Cl2SiZr. The Hall–Kier alpha value is -1.96. The zero-order valence-corrected chi connectivity index (χ0v) is 36.9. The van der Waals surface area contributed by atoms with Gasteiger partial charge in [0.05, 0.1) is 8.80 Å². The van der Waals surface area contributed by atoms with Crippen molar-refractivity contribution in [3.05, 3.63) is 129 Å². The molecule has 2 unspecified atom stereocenters. The molecule has 265 valence electrons. The number of hydrogen-bond donors (Lipinski definition) is 0. The summed E-state index contributed by atoms with van der Waals surface area (Å²) in [5.74, 6) is 0.864. The van der Waals surface area contributed by atoms with Crippen LogP contribution in [0.1, 0.15) is 132 Å². The first kappa shape index (κ1) is 38.8. The number of hydrogen-bond acceptors (Lipinski definition) is 0. The first-order valence-corrected chi connectivity index (χ1v) is 27.2. The average molecular weight is 810 g/mol. The van der Waals surface area contributed by atoms with Gasteiger partial charge in [0, 0.05) is 0 Å². The first-order chi connectivity index (χ1) is 24.3. The predicted molar refractivity (Wildman–Crippen MR) is 223 cm³/mol. The molecule has 3 aliphatic rings. The molecule has 3 aliphatic carbocycles. The summed E-state index contributed by atoms with van der Waals surface area (Å²) >= 11 is -0.826. The standard InChI is InChI=1S/C47H55Si.2ClH.Zr/c1-31-28-42-38(34-20-24-36(25-21-34)46(3,4)5)16-12-18-40(42)44(31)48(30-33-14-10-9-11-15-33)45-32(2)29-43-39(17-13-19-41(43)45)35-22-26-37(27-23-35)47(6,7)8;;;/h12-13,16-29,33,44-45H,9-11,14-15,30H2,1-8H3;2*1H;/q;;;+2/p-2. The van der Waals surface area contributed by atoms with E-state index in [1.807, 2.05) is 0 Å². The van der Waals surface area contributed by atoms with Crippen molar-refractivity contribution in [1.29, 1.82) is 0 Å². The molecule has 4 heteroatoms. The number of fused-ring (bicyclic) bond motifs is 2. The Kier molecular flexibility index (Phi) is 12.3. The summed E-state index contributed by atoms with van der Waals surface area (Å²) in [7, 11) is 8.96. The van der Waals surface area contributed by atoms with Crippen LogP contribution in [0.2, 0.25) is 6.04 Å². The van der Waals surface area contributed by atoms with Gasteiger partial charge in [0.25, 0.3) is 0 Å². The van der Waals surface area contributed by atoms with Gasteiger partial charge in [-0.2, -0.15) is 0 Å². The van der Waals surface area contributed by atoms with Gasteiger partial charge < -0.3 is 0 Å². The summed E-state index contributed by atoms with van der Waals surface area (Å²) in [5, 5.41) is 0. The summed E-state index contributed by atoms with van der Waals surface area (Å²) in [6.45, 7) is 18.7. The zero-order valence-electron chi connectivity index (χ0n) is 32.0. The van der Waals surface area contributed by atoms with Crippen LogP contribution in [0.4, 0.5) is 0 Å². The van der Waals surface area contributed by atoms with Crippen molar-refractivity contribution in [2.24, 2.45) is 5.92 Å². The maximum atomic E-state index is 4.93. The minimum absolute atomic E-state index is 0.161. The Labute approximate surface area is 329 Å². The summed E-state index contributed by atoms with van der Waals surface area (Å²) in [6, 6.07) is 34.6. The molecule has 2 atom stereocenters. The van der Waals surface area contributed by atoms with Gasteiger partial charge in [0.2, 0.25) is 0 Å². The fraction of sp³-hybridized carbons (Fsp3) is 0.404. The van der Waals surface area contributed by atoms with Gasteiger partial charge in [-0.3, -0.25) is 0 Å². The average Bonchev–Trinajstić information content (AvgIpc) is 3.62. The fourth-order valence-corrected chi connectivity index (χ4v) is 13.5. The zero-order chi connectivity index (χ0) is 36.5. The van der Waals surface area contributed by atoms with E-state index in [0.29, 0.717) is 11.1 Å². The van der Waals surface area contributed by atoms with Crippen LogP contribution in [0, 0.1) is 5.92 Å². The Bertz CT molecular complexity index is 1750. The molecule has 0 aliphatic heterocycles. The Balaban J connectivity index is 0.00000144. The molecule has 0 N–H and O–H groups in total. The van der Waals surface area contributed by atoms with E-state index in [1.165, 1.54) is 82.7 Å². The third-order valence-corrected chi connectivity index (χ3v) is 15.7. The third kappa shape index (κ3) is 8.41. The minimum atomic E-state index is -0.904. The summed E-state index contributed by atoms with van der Waals surface area (Å²) in [4.78, 5) is 0. The van der Waals surface area contributed by atoms with Crippen LogP contribution < -0.4 is 0 Å². The molecule has 0 spiro atoms. The summed E-state index contributed by atoms with van der Waals surface area (Å²) in [5.41, 5.74) is 19.0. The molecule has 0 amide bonds. The van der Waals surface area contributed by atoms with E-state index in [-0.39, 0.29) is 10.8 Å². The van der Waals surface area contributed by atoms with E-state index >= 15 is 0 Å². The summed E-state index contributed by atoms with van der Waals surface area (Å²) < 4.78 is 0. The molecule has 0 nitrogen and oxygen atoms in total. The Morgan fingerprint density at radius 3 is 1.35 bits per heavy atom. The third-order valence-electron chi connectivity index (χ3n) is 11.7. The van der Waals surface area contributed by atoms with E-state index in [2.05, 4.69) is 152 Å². The van der Waals surface area contributed by atoms with Gasteiger partial charge in [-0.05, 0) is 97.3 Å². The second-order valence-electron chi connectivity index (χ2n) is 17.3. The summed E-state index contributed by atoms with van der Waals surface area (Å²) in [6.07, 6.45) is 12.2. The van der Waals surface area contributed by atoms with E-state index < -0.39 is 29.6 Å². The van der Waals surface area contributed by atoms with Crippen LogP contribution >= 0.6 is 17.0 Å². The van der Waals surface area contributed by atoms with Crippen LogP contribution in [-0.4, -0.2) is 8.80 Å². The van der Waals surface area contributed by atoms with Gasteiger partial charge in [0.15, 0.2) is 0 Å². The second-order valence-corrected chi connectivity index (χ2v) is 23.7. The van der Waals surface area contributed by atoms with Crippen LogP contribution in [-0.2, 0) is 31.7 Å². The van der Waals surface area contributed by atoms with Crippen LogP contribution in [0.3, 0.4) is 0 Å². The SMILES string of the molecule is CC1=Cc2c(-c3ccc(C(C)(C)C)cc3)cccc2C1[Si](CC1CCCCC1)C1C(C)=Cc2c(-c3ccc(C(C)(C)C)cc3)cccc21.[Cl][Zr][Cl]. The molecule has 0 bridgehead atoms. The second kappa shape index (κ2) is 16.2. The molecule has 4 aromatic carbocycles. The van der Waals surface area contributed by atoms with Gasteiger partial charge in [-0.15, -0.1) is 0 Å². The molecule has 51 heavy (non-hydrogen) atoms. The molecular weight excluding hydrogens is 755 g/mol. The van der Waals surface area contributed by atoms with E-state index in [9.17, 15) is 0 Å². The van der Waals surface area contributed by atoms with Crippen molar-refractivity contribution in [2.75, 3.05) is 0 Å². The van der Waals surface area contributed by atoms with Crippen molar-refractivity contribution in [3.63, 3.8) is 0 Å². The van der Waals surface area contributed by atoms with Gasteiger partial charge in [-0.1, -0.05) is 188 Å². The molecule has 1 fully saturated rings. The number of halogens is 2. The normalized spacial score (nSPS) is 18.8. The number of allylic oxidation sites excluding steroid dienone is 2. The first-order valence-electron chi connectivity index (χ1n) is 19.0. The number of benzene rings is 4. The molecule has 1 radical (unpaired) electrons. The van der Waals surface area contributed by atoms with Crippen LogP contribution in [0.5, 0.6) is 0 Å². The van der Waals surface area contributed by atoms with Crippen molar-refractivity contribution in [1.82, 2.24) is 0 Å². The predicted octanol–water partition coefficient (Wildman–Crippen LogP) is 14.8. The molecule has 0 heterocycles. The van der Waals surface area contributed by atoms with E-state index in [1.54, 1.807) is 22.3 Å². The Morgan fingerprint density at radius 1 is 0.588 bits per heavy atom. The van der Waals surface area contributed by atoms with E-state index in [4.69, 9.17) is 17.0 Å². The van der Waals surface area contributed by atoms with Gasteiger partial charge in [-0.25, -0.2) is 0 Å². The monoisotopic (exact) mass is 807 g/mol. The molecule has 7 rings (SSSR count). The molecule has 4 aromatic rings. The topological polar surface area (TPSA) is 0 Å². The van der Waals surface area contributed by atoms with Crippen LogP contribution in [0.15, 0.2) is 96.1 Å². The molecule has 0 aromatic heterocycles. The van der Waals surface area contributed by atoms with Crippen LogP contribution in [0.25, 0.3) is 34.4 Å². The van der Waals surface area contributed by atoms with Crippen molar-refractivity contribution < 1.29 is 20.8 Å². The van der Waals surface area contributed by atoms with E-state index in [0.717, 1.165) is 5.92 Å². The number of rotatable bonds is 6. The molecule has 1 saturated carbocycles. The van der Waals surface area contributed by atoms with Gasteiger partial charge >= 0.3 is 37.9 Å². The molecule has 0 saturated heterocycles. The van der Waals surface area contributed by atoms with Crippen molar-refractivity contribution in [2.45, 2.75) is 115 Å². The fourth-order valence-electron chi connectivity index (χ4n) is 9.02. The Morgan fingerprint density at radius 2 is 0.980 bits per heavy atom. The maximum absolute atomic E-state index is 4.93. The van der Waals surface area contributed by atoms with Crippen molar-refractivity contribution in [3.8, 4) is 22.3 Å². The van der Waals surface area contributed by atoms with Gasteiger partial charge in [0.1, 0.15) is 0 Å². The van der Waals surface area contributed by atoms with Crippen molar-refractivity contribution >= 4 is 38.0 Å². The quantitative estimate of drug-likeness (QED) is 0.170.